The minimum absolute atomic E-state index is 0.165. The second kappa shape index (κ2) is 9.52. The van der Waals surface area contributed by atoms with E-state index < -0.39 is 0 Å². The van der Waals surface area contributed by atoms with E-state index in [2.05, 4.69) is 36.5 Å². The number of hydrogen-bond acceptors (Lipinski definition) is 2. The molecule has 5 aliphatic rings. The molecule has 0 aromatic heterocycles. The van der Waals surface area contributed by atoms with E-state index in [4.69, 9.17) is 9.98 Å². The van der Waals surface area contributed by atoms with Crippen molar-refractivity contribution in [2.45, 2.75) is 83.6 Å². The van der Waals surface area contributed by atoms with E-state index >= 15 is 0 Å². The predicted octanol–water partition coefficient (Wildman–Crippen LogP) is 7.75. The van der Waals surface area contributed by atoms with Crippen LogP contribution in [0.5, 0.6) is 0 Å². The fourth-order valence-electron chi connectivity index (χ4n) is 7.85. The molecule has 7 rings (SSSR count). The summed E-state index contributed by atoms with van der Waals surface area (Å²) < 4.78 is 13.6. The van der Waals surface area contributed by atoms with Gasteiger partial charge in [0.05, 0.1) is 11.7 Å². The van der Waals surface area contributed by atoms with Crippen molar-refractivity contribution in [2.75, 3.05) is 0 Å². The predicted molar refractivity (Wildman–Crippen MR) is 142 cm³/mol. The maximum atomic E-state index is 13.6. The number of rotatable bonds is 4. The first-order valence-electron chi connectivity index (χ1n) is 13.8. The molecule has 5 saturated carbocycles. The van der Waals surface area contributed by atoms with Gasteiger partial charge < -0.3 is 5.32 Å². The minimum Gasteiger partial charge on any atom is -0.328 e. The van der Waals surface area contributed by atoms with Gasteiger partial charge in [0.25, 0.3) is 0 Å². The average Bonchev–Trinajstić information content (AvgIpc) is 2.85. The van der Waals surface area contributed by atoms with Crippen molar-refractivity contribution >= 4 is 17.4 Å². The van der Waals surface area contributed by atoms with Crippen LogP contribution in [0.4, 0.5) is 10.1 Å². The Morgan fingerprint density at radius 2 is 1.49 bits per heavy atom. The summed E-state index contributed by atoms with van der Waals surface area (Å²) in [6, 6.07) is 15.4. The van der Waals surface area contributed by atoms with Gasteiger partial charge in [-0.1, -0.05) is 43.5 Å². The van der Waals surface area contributed by atoms with Gasteiger partial charge in [0, 0.05) is 11.0 Å². The Balaban J connectivity index is 1.42. The third kappa shape index (κ3) is 4.81. The molecule has 0 heterocycles. The van der Waals surface area contributed by atoms with Crippen molar-refractivity contribution in [3.05, 3.63) is 65.5 Å². The highest BCUT2D eigenvalue weighted by atomic mass is 19.1. The van der Waals surface area contributed by atoms with Crippen molar-refractivity contribution in [1.82, 2.24) is 5.32 Å². The van der Waals surface area contributed by atoms with E-state index in [0.717, 1.165) is 34.8 Å². The quantitative estimate of drug-likeness (QED) is 0.359. The van der Waals surface area contributed by atoms with Crippen molar-refractivity contribution < 1.29 is 4.39 Å². The maximum absolute atomic E-state index is 13.6. The standard InChI is InChI=1S/C31H38FN3/c1-21-7-5-6-10-28(21)29(33-27-13-11-25(32)12-14-27)35-30(34-26-8-3-2-4-9-26)31-18-22-15-23(19-31)17-24(16-22)20-31/h5-7,10-14,22-24,26H,2-4,8-9,15-20H2,1H3,(H,33,34,35). The molecule has 4 bridgehead atoms. The molecule has 0 saturated heterocycles. The third-order valence-electron chi connectivity index (χ3n) is 9.13. The van der Waals surface area contributed by atoms with Crippen LogP contribution in [0.1, 0.15) is 81.8 Å². The van der Waals surface area contributed by atoms with Crippen molar-refractivity contribution in [3.8, 4) is 0 Å². The van der Waals surface area contributed by atoms with E-state index in [1.54, 1.807) is 12.1 Å². The summed E-state index contributed by atoms with van der Waals surface area (Å²) >= 11 is 0. The number of nitrogens with one attached hydrogen (secondary N) is 1. The van der Waals surface area contributed by atoms with E-state index in [1.165, 1.54) is 94.2 Å². The summed E-state index contributed by atoms with van der Waals surface area (Å²) in [5.41, 5.74) is 3.21. The summed E-state index contributed by atoms with van der Waals surface area (Å²) in [4.78, 5) is 10.6. The number of aryl methyl sites for hydroxylation is 1. The number of aliphatic imine (C=N–C) groups is 2. The Kier molecular flexibility index (Phi) is 6.24. The fraction of sp³-hybridized carbons (Fsp3) is 0.548. The van der Waals surface area contributed by atoms with Gasteiger partial charge in [0.15, 0.2) is 0 Å². The minimum atomic E-state index is -0.234. The Hall–Kier alpha value is -2.49. The molecule has 0 amide bonds. The lowest BCUT2D eigenvalue weighted by Gasteiger charge is -2.57. The summed E-state index contributed by atoms with van der Waals surface area (Å²) in [5, 5.41) is 3.88. The molecule has 4 heteroatoms. The van der Waals surface area contributed by atoms with Crippen molar-refractivity contribution in [1.29, 1.82) is 0 Å². The zero-order chi connectivity index (χ0) is 23.8. The van der Waals surface area contributed by atoms with Gasteiger partial charge in [-0.25, -0.2) is 9.38 Å². The molecule has 0 unspecified atom stereocenters. The first-order chi connectivity index (χ1) is 17.1. The van der Waals surface area contributed by atoms with E-state index in [-0.39, 0.29) is 11.2 Å². The second-order valence-electron chi connectivity index (χ2n) is 11.8. The van der Waals surface area contributed by atoms with Crippen LogP contribution in [-0.4, -0.2) is 17.7 Å². The summed E-state index contributed by atoms with van der Waals surface area (Å²) in [6.07, 6.45) is 14.4. The largest absolute Gasteiger partial charge is 0.328 e. The molecule has 3 nitrogen and oxygen atoms in total. The van der Waals surface area contributed by atoms with Crippen LogP contribution in [0.3, 0.4) is 0 Å². The molecule has 184 valence electrons. The Morgan fingerprint density at radius 3 is 2.11 bits per heavy atom. The van der Waals surface area contributed by atoms with Crippen LogP contribution in [0.2, 0.25) is 0 Å². The van der Waals surface area contributed by atoms with Gasteiger partial charge >= 0.3 is 0 Å². The van der Waals surface area contributed by atoms with Gasteiger partial charge in [-0.15, -0.1) is 0 Å². The van der Waals surface area contributed by atoms with Crippen LogP contribution in [0, 0.1) is 35.9 Å². The van der Waals surface area contributed by atoms with Crippen molar-refractivity contribution in [2.24, 2.45) is 33.2 Å². The van der Waals surface area contributed by atoms with Crippen LogP contribution < -0.4 is 5.32 Å². The number of benzene rings is 2. The molecule has 2 aromatic carbocycles. The van der Waals surface area contributed by atoms with Gasteiger partial charge in [-0.3, -0.25) is 4.99 Å². The Morgan fingerprint density at radius 1 is 0.857 bits per heavy atom. The van der Waals surface area contributed by atoms with Crippen LogP contribution >= 0.6 is 0 Å². The highest BCUT2D eigenvalue weighted by Crippen LogP contribution is 2.60. The van der Waals surface area contributed by atoms with Crippen LogP contribution in [0.25, 0.3) is 0 Å². The number of halogens is 1. The van der Waals surface area contributed by atoms with Gasteiger partial charge in [-0.05, 0) is 106 Å². The highest BCUT2D eigenvalue weighted by molar-refractivity contribution is 6.12. The lowest BCUT2D eigenvalue weighted by Crippen LogP contribution is -2.55. The second-order valence-corrected chi connectivity index (χ2v) is 11.8. The normalized spacial score (nSPS) is 31.1. The topological polar surface area (TPSA) is 36.8 Å². The van der Waals surface area contributed by atoms with Gasteiger partial charge in [0.2, 0.25) is 0 Å². The van der Waals surface area contributed by atoms with Crippen molar-refractivity contribution in [3.63, 3.8) is 0 Å². The molecule has 1 N–H and O–H groups in total. The molecular formula is C31H38FN3. The Bertz CT molecular complexity index is 1080. The first-order valence-corrected chi connectivity index (χ1v) is 13.8. The number of hydrogen-bond donors (Lipinski definition) is 1. The smallest absolute Gasteiger partial charge is 0.139 e. The van der Waals surface area contributed by atoms with Gasteiger partial charge in [0.1, 0.15) is 17.5 Å². The molecule has 5 fully saturated rings. The molecule has 0 aliphatic heterocycles. The van der Waals surface area contributed by atoms with Crippen LogP contribution in [-0.2, 0) is 0 Å². The summed E-state index contributed by atoms with van der Waals surface area (Å²) in [7, 11) is 0. The SMILES string of the molecule is Cc1ccccc1/C(=N\c1ccc(F)cc1)N/C(=N\C1CCCCC1)C12CC3CC(CC(C3)C1)C2. The average molecular weight is 472 g/mol. The lowest BCUT2D eigenvalue weighted by atomic mass is 9.49. The zero-order valence-corrected chi connectivity index (χ0v) is 21.0. The van der Waals surface area contributed by atoms with E-state index in [1.807, 2.05) is 0 Å². The lowest BCUT2D eigenvalue weighted by molar-refractivity contribution is -0.0138. The van der Waals surface area contributed by atoms with Gasteiger partial charge in [-0.2, -0.15) is 0 Å². The molecule has 0 radical (unpaired) electrons. The summed E-state index contributed by atoms with van der Waals surface area (Å²) in [6.45, 7) is 2.14. The van der Waals surface area contributed by atoms with E-state index in [9.17, 15) is 4.39 Å². The third-order valence-corrected chi connectivity index (χ3v) is 9.13. The summed E-state index contributed by atoms with van der Waals surface area (Å²) in [5.74, 6) is 4.39. The molecule has 2 aromatic rings. The molecule has 35 heavy (non-hydrogen) atoms. The Labute approximate surface area is 209 Å². The number of nitrogens with zero attached hydrogens (tertiary/aromatic N) is 2. The monoisotopic (exact) mass is 471 g/mol. The maximum Gasteiger partial charge on any atom is 0.139 e. The zero-order valence-electron chi connectivity index (χ0n) is 21.0. The fourth-order valence-corrected chi connectivity index (χ4v) is 7.85. The molecule has 0 atom stereocenters. The highest BCUT2D eigenvalue weighted by Gasteiger charge is 2.53. The molecule has 5 aliphatic carbocycles. The molecular weight excluding hydrogens is 433 g/mol. The van der Waals surface area contributed by atoms with E-state index in [0.29, 0.717) is 6.04 Å². The number of amidine groups is 2. The molecule has 0 spiro atoms. The first kappa shape index (κ1) is 22.9. The van der Waals surface area contributed by atoms with Crippen LogP contribution in [0.15, 0.2) is 58.5 Å².